The summed E-state index contributed by atoms with van der Waals surface area (Å²) in [5.74, 6) is -0.341. The van der Waals surface area contributed by atoms with E-state index in [0.717, 1.165) is 44.2 Å². The summed E-state index contributed by atoms with van der Waals surface area (Å²) in [5, 5.41) is 5.79. The van der Waals surface area contributed by atoms with Gasteiger partial charge in [0.25, 0.3) is 11.8 Å². The number of carbonyl (C=O) groups is 2. The first-order valence-corrected chi connectivity index (χ1v) is 9.80. The van der Waals surface area contributed by atoms with Gasteiger partial charge in [-0.3, -0.25) is 14.5 Å². The minimum Gasteiger partial charge on any atom is -0.379 e. The summed E-state index contributed by atoms with van der Waals surface area (Å²) < 4.78 is 5.32. The Kier molecular flexibility index (Phi) is 7.21. The molecular formula is C22H28N4O3. The molecule has 0 aliphatic carbocycles. The van der Waals surface area contributed by atoms with Crippen LogP contribution in [0.1, 0.15) is 20.7 Å². The SMILES string of the molecule is CN(C)c1ccc(NC(=O)c2ccc(C(=O)NCCN3CCOCC3)cc2)cc1. The fourth-order valence-corrected chi connectivity index (χ4v) is 3.07. The maximum Gasteiger partial charge on any atom is 0.255 e. The second kappa shape index (κ2) is 10.0. The van der Waals surface area contributed by atoms with Crippen molar-refractivity contribution in [2.24, 2.45) is 0 Å². The van der Waals surface area contributed by atoms with Crippen molar-refractivity contribution in [2.75, 3.05) is 63.7 Å². The zero-order valence-electron chi connectivity index (χ0n) is 17.0. The third kappa shape index (κ3) is 6.04. The third-order valence-electron chi connectivity index (χ3n) is 4.87. The summed E-state index contributed by atoms with van der Waals surface area (Å²) in [4.78, 5) is 29.0. The lowest BCUT2D eigenvalue weighted by atomic mass is 10.1. The van der Waals surface area contributed by atoms with Gasteiger partial charge in [-0.05, 0) is 48.5 Å². The number of benzene rings is 2. The second-order valence-corrected chi connectivity index (χ2v) is 7.18. The predicted molar refractivity (Wildman–Crippen MR) is 115 cm³/mol. The van der Waals surface area contributed by atoms with Gasteiger partial charge >= 0.3 is 0 Å². The normalized spacial score (nSPS) is 14.3. The number of anilines is 2. The fourth-order valence-electron chi connectivity index (χ4n) is 3.07. The van der Waals surface area contributed by atoms with Crippen molar-refractivity contribution in [3.8, 4) is 0 Å². The number of nitrogens with one attached hydrogen (secondary N) is 2. The lowest BCUT2D eigenvalue weighted by Gasteiger charge is -2.26. The Morgan fingerprint density at radius 2 is 1.52 bits per heavy atom. The molecule has 0 spiro atoms. The van der Waals surface area contributed by atoms with Crippen LogP contribution in [0.3, 0.4) is 0 Å². The molecule has 7 heteroatoms. The van der Waals surface area contributed by atoms with Crippen molar-refractivity contribution >= 4 is 23.2 Å². The van der Waals surface area contributed by atoms with Crippen LogP contribution in [0.4, 0.5) is 11.4 Å². The molecule has 0 saturated carbocycles. The van der Waals surface area contributed by atoms with Gasteiger partial charge in [0.2, 0.25) is 0 Å². The van der Waals surface area contributed by atoms with E-state index in [-0.39, 0.29) is 11.8 Å². The average Bonchev–Trinajstić information content (AvgIpc) is 2.75. The minimum absolute atomic E-state index is 0.135. The fraction of sp³-hybridized carbons (Fsp3) is 0.364. The summed E-state index contributed by atoms with van der Waals surface area (Å²) in [5.41, 5.74) is 2.84. The zero-order chi connectivity index (χ0) is 20.6. The molecule has 2 aromatic carbocycles. The molecule has 0 bridgehead atoms. The maximum atomic E-state index is 12.4. The van der Waals surface area contributed by atoms with E-state index in [1.165, 1.54) is 0 Å². The molecule has 1 aliphatic heterocycles. The molecule has 0 aromatic heterocycles. The predicted octanol–water partition coefficient (Wildman–Crippen LogP) is 2.07. The summed E-state index contributed by atoms with van der Waals surface area (Å²) >= 11 is 0. The van der Waals surface area contributed by atoms with Gasteiger partial charge in [-0.2, -0.15) is 0 Å². The molecule has 3 rings (SSSR count). The van der Waals surface area contributed by atoms with E-state index < -0.39 is 0 Å². The van der Waals surface area contributed by atoms with E-state index in [2.05, 4.69) is 15.5 Å². The summed E-state index contributed by atoms with van der Waals surface area (Å²) in [7, 11) is 3.93. The number of hydrogen-bond acceptors (Lipinski definition) is 5. The van der Waals surface area contributed by atoms with E-state index in [1.54, 1.807) is 24.3 Å². The first-order valence-electron chi connectivity index (χ1n) is 9.80. The molecule has 154 valence electrons. The van der Waals surface area contributed by atoms with E-state index >= 15 is 0 Å². The van der Waals surface area contributed by atoms with E-state index in [1.807, 2.05) is 43.3 Å². The van der Waals surface area contributed by atoms with Gasteiger partial charge in [0.1, 0.15) is 0 Å². The van der Waals surface area contributed by atoms with Gasteiger partial charge in [-0.25, -0.2) is 0 Å². The number of ether oxygens (including phenoxy) is 1. The molecule has 0 unspecified atom stereocenters. The second-order valence-electron chi connectivity index (χ2n) is 7.18. The molecule has 2 N–H and O–H groups in total. The van der Waals surface area contributed by atoms with Crippen LogP contribution in [0, 0.1) is 0 Å². The topological polar surface area (TPSA) is 73.9 Å². The van der Waals surface area contributed by atoms with Crippen LogP contribution in [0.15, 0.2) is 48.5 Å². The third-order valence-corrected chi connectivity index (χ3v) is 4.87. The molecule has 1 fully saturated rings. The highest BCUT2D eigenvalue weighted by atomic mass is 16.5. The number of amides is 2. The van der Waals surface area contributed by atoms with Gasteiger partial charge in [0.05, 0.1) is 13.2 Å². The maximum absolute atomic E-state index is 12.4. The Bertz CT molecular complexity index is 813. The number of morpholine rings is 1. The average molecular weight is 396 g/mol. The highest BCUT2D eigenvalue weighted by molar-refractivity contribution is 6.05. The van der Waals surface area contributed by atoms with Crippen molar-refractivity contribution in [1.29, 1.82) is 0 Å². The van der Waals surface area contributed by atoms with Gasteiger partial charge in [0.15, 0.2) is 0 Å². The molecular weight excluding hydrogens is 368 g/mol. The number of hydrogen-bond donors (Lipinski definition) is 2. The quantitative estimate of drug-likeness (QED) is 0.750. The molecule has 7 nitrogen and oxygen atoms in total. The van der Waals surface area contributed by atoms with E-state index in [9.17, 15) is 9.59 Å². The van der Waals surface area contributed by atoms with Crippen molar-refractivity contribution in [2.45, 2.75) is 0 Å². The Balaban J connectivity index is 1.49. The largest absolute Gasteiger partial charge is 0.379 e. The highest BCUT2D eigenvalue weighted by Crippen LogP contribution is 2.16. The molecule has 1 aliphatic rings. The van der Waals surface area contributed by atoms with Crippen LogP contribution in [-0.4, -0.2) is 70.2 Å². The van der Waals surface area contributed by atoms with Crippen LogP contribution in [0.5, 0.6) is 0 Å². The van der Waals surface area contributed by atoms with Gasteiger partial charge in [-0.15, -0.1) is 0 Å². The standard InChI is InChI=1S/C22H28N4O3/c1-25(2)20-9-7-19(8-10-20)24-22(28)18-5-3-17(4-6-18)21(27)23-11-12-26-13-15-29-16-14-26/h3-10H,11-16H2,1-2H3,(H,23,27)(H,24,28). The first-order chi connectivity index (χ1) is 14.0. The van der Waals surface area contributed by atoms with Crippen LogP contribution in [0.25, 0.3) is 0 Å². The van der Waals surface area contributed by atoms with Gasteiger partial charge in [0, 0.05) is 62.8 Å². The number of rotatable bonds is 7. The lowest BCUT2D eigenvalue weighted by molar-refractivity contribution is 0.0383. The number of nitrogens with zero attached hydrogens (tertiary/aromatic N) is 2. The minimum atomic E-state index is -0.207. The Hall–Kier alpha value is -2.90. The van der Waals surface area contributed by atoms with Crippen LogP contribution in [0.2, 0.25) is 0 Å². The van der Waals surface area contributed by atoms with Crippen molar-refractivity contribution in [3.05, 3.63) is 59.7 Å². The molecule has 1 heterocycles. The molecule has 29 heavy (non-hydrogen) atoms. The first kappa shape index (κ1) is 20.8. The number of carbonyl (C=O) groups excluding carboxylic acids is 2. The Labute approximate surface area is 171 Å². The molecule has 0 atom stereocenters. The Morgan fingerprint density at radius 1 is 0.931 bits per heavy atom. The van der Waals surface area contributed by atoms with Crippen LogP contribution < -0.4 is 15.5 Å². The summed E-state index contributed by atoms with van der Waals surface area (Å²) in [6, 6.07) is 14.3. The molecule has 2 amide bonds. The van der Waals surface area contributed by atoms with Crippen molar-refractivity contribution in [3.63, 3.8) is 0 Å². The van der Waals surface area contributed by atoms with Crippen LogP contribution in [-0.2, 0) is 4.74 Å². The van der Waals surface area contributed by atoms with Crippen molar-refractivity contribution in [1.82, 2.24) is 10.2 Å². The monoisotopic (exact) mass is 396 g/mol. The van der Waals surface area contributed by atoms with Crippen molar-refractivity contribution < 1.29 is 14.3 Å². The highest BCUT2D eigenvalue weighted by Gasteiger charge is 2.12. The molecule has 0 radical (unpaired) electrons. The van der Waals surface area contributed by atoms with Gasteiger partial charge < -0.3 is 20.3 Å². The smallest absolute Gasteiger partial charge is 0.255 e. The lowest BCUT2D eigenvalue weighted by Crippen LogP contribution is -2.41. The summed E-state index contributed by atoms with van der Waals surface area (Å²) in [6.45, 7) is 4.69. The molecule has 2 aromatic rings. The van der Waals surface area contributed by atoms with Crippen LogP contribution >= 0.6 is 0 Å². The van der Waals surface area contributed by atoms with E-state index in [4.69, 9.17) is 4.74 Å². The Morgan fingerprint density at radius 3 is 2.10 bits per heavy atom. The van der Waals surface area contributed by atoms with E-state index in [0.29, 0.717) is 17.7 Å². The molecule has 1 saturated heterocycles. The van der Waals surface area contributed by atoms with Gasteiger partial charge in [-0.1, -0.05) is 0 Å². The zero-order valence-corrected chi connectivity index (χ0v) is 17.0. The summed E-state index contributed by atoms with van der Waals surface area (Å²) in [6.07, 6.45) is 0.